The number of aryl methyl sites for hydroxylation is 3. The fourth-order valence-electron chi connectivity index (χ4n) is 1.71. The van der Waals surface area contributed by atoms with Gasteiger partial charge in [0.25, 0.3) is 0 Å². The largest absolute Gasteiger partial charge is 0.330 e. The van der Waals surface area contributed by atoms with E-state index in [1.54, 1.807) is 11.3 Å². The molecule has 0 amide bonds. The minimum Gasteiger partial charge on any atom is -0.278 e. The van der Waals surface area contributed by atoms with Crippen molar-refractivity contribution < 1.29 is 4.98 Å². The Labute approximate surface area is 93.8 Å². The Hall–Kier alpha value is -1.35. The highest BCUT2D eigenvalue weighted by molar-refractivity contribution is 7.15. The van der Waals surface area contributed by atoms with Crippen molar-refractivity contribution in [1.82, 2.24) is 0 Å². The van der Waals surface area contributed by atoms with E-state index in [0.717, 1.165) is 10.8 Å². The Morgan fingerprint density at radius 2 is 1.93 bits per heavy atom. The molecule has 1 heterocycles. The predicted molar refractivity (Wildman–Crippen MR) is 64.9 cm³/mol. The van der Waals surface area contributed by atoms with Crippen LogP contribution < -0.4 is 10.7 Å². The number of benzene rings is 1. The number of nitrogens with one attached hydrogen (secondary N) is 1. The van der Waals surface area contributed by atoms with Gasteiger partial charge in [-0.05, 0) is 32.4 Å². The second-order valence-corrected chi connectivity index (χ2v) is 5.10. The second-order valence-electron chi connectivity index (χ2n) is 3.84. The molecule has 0 fully saturated rings. The highest BCUT2D eigenvalue weighted by Crippen LogP contribution is 2.28. The number of H-pyrrole nitrogens is 1. The summed E-state index contributed by atoms with van der Waals surface area (Å²) in [4.78, 5) is 4.46. The highest BCUT2D eigenvalue weighted by Gasteiger charge is 2.13. The smallest absolute Gasteiger partial charge is 0.278 e. The summed E-state index contributed by atoms with van der Waals surface area (Å²) in [7, 11) is 0. The molecule has 0 aliphatic rings. The molecule has 3 N–H and O–H groups in total. The van der Waals surface area contributed by atoms with Crippen molar-refractivity contribution in [1.29, 1.82) is 0 Å². The van der Waals surface area contributed by atoms with E-state index in [2.05, 4.69) is 44.0 Å². The third-order valence-corrected chi connectivity index (χ3v) is 3.36. The third-order valence-electron chi connectivity index (χ3n) is 2.53. The van der Waals surface area contributed by atoms with E-state index in [1.165, 1.54) is 21.6 Å². The molecule has 2 aromatic rings. The minimum atomic E-state index is 0.767. The van der Waals surface area contributed by atoms with Gasteiger partial charge in [-0.15, -0.1) is 0 Å². The van der Waals surface area contributed by atoms with Crippen LogP contribution in [-0.2, 0) is 0 Å². The molecule has 78 valence electrons. The van der Waals surface area contributed by atoms with Crippen LogP contribution in [0.4, 0.5) is 5.13 Å². The van der Waals surface area contributed by atoms with E-state index in [-0.39, 0.29) is 0 Å². The normalized spacial score (nSPS) is 10.6. The van der Waals surface area contributed by atoms with Crippen LogP contribution in [0.3, 0.4) is 0 Å². The van der Waals surface area contributed by atoms with Crippen LogP contribution >= 0.6 is 11.3 Å². The second kappa shape index (κ2) is 3.66. The first-order valence-electron chi connectivity index (χ1n) is 4.93. The molecule has 0 radical (unpaired) electrons. The van der Waals surface area contributed by atoms with E-state index in [9.17, 15) is 0 Å². The van der Waals surface area contributed by atoms with Gasteiger partial charge in [0.05, 0.1) is 4.88 Å². The minimum absolute atomic E-state index is 0.767. The zero-order valence-corrected chi connectivity index (χ0v) is 10.0. The summed E-state index contributed by atoms with van der Waals surface area (Å²) in [6, 6.07) is 6.47. The van der Waals surface area contributed by atoms with E-state index in [4.69, 9.17) is 5.73 Å². The SMILES string of the molecule is Cc1ccc(C)c(-c2[nH+]c(N)sc2C)c1. The number of aromatic nitrogens is 1. The zero-order valence-electron chi connectivity index (χ0n) is 9.22. The number of nitrogens with two attached hydrogens (primary N) is 1. The summed E-state index contributed by atoms with van der Waals surface area (Å²) in [6.07, 6.45) is 0. The van der Waals surface area contributed by atoms with Gasteiger partial charge < -0.3 is 0 Å². The maximum atomic E-state index is 5.77. The standard InChI is InChI=1S/C12H14N2S/c1-7-4-5-8(2)10(6-7)11-9(3)15-12(13)14-11/h4-6H,1-3H3,(H2,13,14)/p+1. The van der Waals surface area contributed by atoms with Gasteiger partial charge in [-0.25, -0.2) is 4.98 Å². The van der Waals surface area contributed by atoms with Gasteiger partial charge >= 0.3 is 5.13 Å². The van der Waals surface area contributed by atoms with Crippen molar-refractivity contribution in [2.24, 2.45) is 0 Å². The van der Waals surface area contributed by atoms with Crippen LogP contribution in [0.2, 0.25) is 0 Å². The van der Waals surface area contributed by atoms with Crippen LogP contribution in [0.15, 0.2) is 18.2 Å². The fourth-order valence-corrected chi connectivity index (χ4v) is 2.46. The topological polar surface area (TPSA) is 40.2 Å². The lowest BCUT2D eigenvalue weighted by molar-refractivity contribution is -0.341. The van der Waals surface area contributed by atoms with Gasteiger partial charge in [-0.3, -0.25) is 5.73 Å². The summed E-state index contributed by atoms with van der Waals surface area (Å²) >= 11 is 1.60. The van der Waals surface area contributed by atoms with Gasteiger partial charge in [0.1, 0.15) is 5.69 Å². The molecule has 0 atom stereocenters. The molecule has 3 heteroatoms. The highest BCUT2D eigenvalue weighted by atomic mass is 32.1. The molecule has 2 rings (SSSR count). The Morgan fingerprint density at radius 1 is 1.20 bits per heavy atom. The predicted octanol–water partition coefficient (Wildman–Crippen LogP) is 2.74. The van der Waals surface area contributed by atoms with Crippen molar-refractivity contribution in [2.45, 2.75) is 20.8 Å². The maximum Gasteiger partial charge on any atom is 0.330 e. The van der Waals surface area contributed by atoms with Crippen LogP contribution in [0.5, 0.6) is 0 Å². The van der Waals surface area contributed by atoms with E-state index in [0.29, 0.717) is 0 Å². The number of anilines is 1. The van der Waals surface area contributed by atoms with Crippen molar-refractivity contribution >= 4 is 16.5 Å². The summed E-state index contributed by atoms with van der Waals surface area (Å²) in [6.45, 7) is 6.32. The summed E-state index contributed by atoms with van der Waals surface area (Å²) < 4.78 is 0. The molecule has 1 aromatic heterocycles. The first-order valence-corrected chi connectivity index (χ1v) is 5.75. The molecule has 2 nitrogen and oxygen atoms in total. The number of rotatable bonds is 1. The average Bonchev–Trinajstić information content (AvgIpc) is 2.50. The number of thiazole rings is 1. The molecular formula is C12H15N2S+. The number of nitrogen functional groups attached to an aromatic ring is 1. The molecule has 0 saturated heterocycles. The lowest BCUT2D eigenvalue weighted by Crippen LogP contribution is -2.08. The summed E-state index contributed by atoms with van der Waals surface area (Å²) in [5.41, 5.74) is 10.7. The monoisotopic (exact) mass is 219 g/mol. The molecular weight excluding hydrogens is 204 g/mol. The quantitative estimate of drug-likeness (QED) is 0.787. The number of hydrogen-bond donors (Lipinski definition) is 1. The first-order chi connectivity index (χ1) is 7.08. The molecule has 0 saturated carbocycles. The number of hydrogen-bond acceptors (Lipinski definition) is 2. The first kappa shape index (κ1) is 10.2. The summed E-state index contributed by atoms with van der Waals surface area (Å²) in [5.74, 6) is 0. The van der Waals surface area contributed by atoms with Gasteiger partial charge in [0.2, 0.25) is 0 Å². The van der Waals surface area contributed by atoms with Crippen molar-refractivity contribution in [2.75, 3.05) is 5.73 Å². The van der Waals surface area contributed by atoms with Gasteiger partial charge in [0.15, 0.2) is 0 Å². The molecule has 15 heavy (non-hydrogen) atoms. The molecule has 0 spiro atoms. The summed E-state index contributed by atoms with van der Waals surface area (Å²) in [5, 5.41) is 0.767. The van der Waals surface area contributed by atoms with Crippen LogP contribution in [0, 0.1) is 20.8 Å². The van der Waals surface area contributed by atoms with Crippen LogP contribution in [0.1, 0.15) is 16.0 Å². The number of aromatic amines is 1. The molecule has 0 unspecified atom stereocenters. The molecule has 0 bridgehead atoms. The Bertz CT molecular complexity index is 500. The molecule has 0 aliphatic carbocycles. The zero-order chi connectivity index (χ0) is 11.0. The van der Waals surface area contributed by atoms with Gasteiger partial charge in [-0.1, -0.05) is 29.0 Å². The third kappa shape index (κ3) is 1.88. The van der Waals surface area contributed by atoms with E-state index < -0.39 is 0 Å². The van der Waals surface area contributed by atoms with Crippen LogP contribution in [0.25, 0.3) is 11.3 Å². The fraction of sp³-hybridized carbons (Fsp3) is 0.250. The van der Waals surface area contributed by atoms with Gasteiger partial charge in [-0.2, -0.15) is 0 Å². The lowest BCUT2D eigenvalue weighted by atomic mass is 10.0. The Kier molecular flexibility index (Phi) is 2.49. The van der Waals surface area contributed by atoms with E-state index >= 15 is 0 Å². The van der Waals surface area contributed by atoms with Crippen molar-refractivity contribution in [3.63, 3.8) is 0 Å². The van der Waals surface area contributed by atoms with Crippen molar-refractivity contribution in [3.05, 3.63) is 34.2 Å². The van der Waals surface area contributed by atoms with Gasteiger partial charge in [0, 0.05) is 5.56 Å². The van der Waals surface area contributed by atoms with Crippen LogP contribution in [-0.4, -0.2) is 0 Å². The van der Waals surface area contributed by atoms with E-state index in [1.807, 2.05) is 0 Å². The lowest BCUT2D eigenvalue weighted by Gasteiger charge is -2.03. The Morgan fingerprint density at radius 3 is 2.53 bits per heavy atom. The Balaban J connectivity index is 2.62. The van der Waals surface area contributed by atoms with Crippen molar-refractivity contribution in [3.8, 4) is 11.3 Å². The average molecular weight is 219 g/mol. The molecule has 0 aliphatic heterocycles. The molecule has 1 aromatic carbocycles. The maximum absolute atomic E-state index is 5.77.